The molecule has 3 atom stereocenters. The molecule has 234 valence electrons. The number of hydrogen-bond acceptors (Lipinski definition) is 6. The number of nitrogens with zero attached hydrogens (tertiary/aromatic N) is 5. The minimum absolute atomic E-state index is 0.0888. The Hall–Kier alpha value is -3.45. The lowest BCUT2D eigenvalue weighted by Gasteiger charge is -2.45. The summed E-state index contributed by atoms with van der Waals surface area (Å²) in [7, 11) is 0. The minimum atomic E-state index is -4.90. The van der Waals surface area contributed by atoms with Crippen molar-refractivity contribution in [2.45, 2.75) is 55.9 Å². The molecule has 2 saturated heterocycles. The third-order valence-electron chi connectivity index (χ3n) is 8.75. The number of carbonyl (C=O) groups is 1. The molecule has 4 heterocycles. The van der Waals surface area contributed by atoms with Gasteiger partial charge in [0.25, 0.3) is 0 Å². The average Bonchev–Trinajstić information content (AvgIpc) is 3.47. The third kappa shape index (κ3) is 5.27. The van der Waals surface area contributed by atoms with E-state index in [4.69, 9.17) is 0 Å². The summed E-state index contributed by atoms with van der Waals surface area (Å²) in [5.74, 6) is -1.92. The van der Waals surface area contributed by atoms with Crippen LogP contribution in [0, 0.1) is 11.6 Å². The van der Waals surface area contributed by atoms with Gasteiger partial charge < -0.3 is 14.7 Å². The lowest BCUT2D eigenvalue weighted by atomic mass is 9.95. The maximum absolute atomic E-state index is 15.2. The molecule has 0 bridgehead atoms. The number of benzene rings is 2. The lowest BCUT2D eigenvalue weighted by Crippen LogP contribution is -2.58. The van der Waals surface area contributed by atoms with Gasteiger partial charge in [-0.15, -0.1) is 11.8 Å². The molecule has 2 fully saturated rings. The van der Waals surface area contributed by atoms with Crippen LogP contribution in [0.2, 0.25) is 0 Å². The first kappa shape index (κ1) is 30.6. The fourth-order valence-corrected chi connectivity index (χ4v) is 8.27. The largest absolute Gasteiger partial charge is 0.417 e. The summed E-state index contributed by atoms with van der Waals surface area (Å²) < 4.78 is 75.1. The highest BCUT2D eigenvalue weighted by atomic mass is 32.2. The minimum Gasteiger partial charge on any atom is -0.352 e. The number of amides is 1. The Morgan fingerprint density at radius 2 is 1.80 bits per heavy atom. The number of halogens is 5. The fourth-order valence-electron chi connectivity index (χ4n) is 6.95. The second-order valence-electron chi connectivity index (χ2n) is 11.8. The molecule has 0 saturated carbocycles. The molecule has 0 N–H and O–H groups in total. The van der Waals surface area contributed by atoms with Gasteiger partial charge in [-0.2, -0.15) is 18.2 Å². The first-order valence-electron chi connectivity index (χ1n) is 14.6. The number of rotatable bonds is 5. The van der Waals surface area contributed by atoms with E-state index in [0.717, 1.165) is 55.9 Å². The van der Waals surface area contributed by atoms with Crippen molar-refractivity contribution < 1.29 is 26.7 Å². The van der Waals surface area contributed by atoms with Gasteiger partial charge in [0, 0.05) is 64.9 Å². The number of thioether (sulfide) groups is 1. The summed E-state index contributed by atoms with van der Waals surface area (Å²) in [5, 5.41) is 0.125. The highest BCUT2D eigenvalue weighted by molar-refractivity contribution is 7.99. The van der Waals surface area contributed by atoms with E-state index in [0.29, 0.717) is 12.6 Å². The SMILES string of the molecule is C=CC(=O)N1[C@H](C)CN(c2nc(=O)n3c4c(c(-c5ccc(F)cc5F)c(C(F)(F)F)cc24)SCC3CN2CCCC2)C[C@@H]1C. The average molecular weight is 634 g/mol. The maximum Gasteiger partial charge on any atom is 0.417 e. The van der Waals surface area contributed by atoms with Crippen molar-refractivity contribution in [1.29, 1.82) is 0 Å². The van der Waals surface area contributed by atoms with Crippen LogP contribution in [0.4, 0.5) is 27.8 Å². The monoisotopic (exact) mass is 633 g/mol. The second kappa shape index (κ2) is 11.5. The molecule has 3 aliphatic rings. The topological polar surface area (TPSA) is 61.7 Å². The van der Waals surface area contributed by atoms with Crippen molar-refractivity contribution in [3.8, 4) is 11.1 Å². The Labute approximate surface area is 255 Å². The standard InChI is InChI=1S/C31H32F5N5O2S/c1-4-25(42)40-17(2)13-39(14-18(40)3)29-22-12-23(31(34,35)36)26(21-8-7-19(32)11-24(21)33)28-27(22)41(30(43)37-29)20(16-44-28)15-38-9-5-6-10-38/h4,7-8,11-12,17-18,20H,1,5-6,9-10,13-16H2,2-3H3/t17-,18+,20?. The van der Waals surface area contributed by atoms with E-state index in [2.05, 4.69) is 16.5 Å². The van der Waals surface area contributed by atoms with Gasteiger partial charge in [-0.25, -0.2) is 13.6 Å². The molecule has 0 radical (unpaired) electrons. The molecule has 6 rings (SSSR count). The molecule has 1 amide bonds. The molecular weight excluding hydrogens is 601 g/mol. The Bertz CT molecular complexity index is 1690. The van der Waals surface area contributed by atoms with Gasteiger partial charge in [0.2, 0.25) is 5.91 Å². The van der Waals surface area contributed by atoms with E-state index in [1.807, 2.05) is 13.8 Å². The van der Waals surface area contributed by atoms with Gasteiger partial charge in [-0.3, -0.25) is 9.36 Å². The van der Waals surface area contributed by atoms with E-state index in [1.54, 1.807) is 9.80 Å². The summed E-state index contributed by atoms with van der Waals surface area (Å²) in [6, 6.07) is 2.39. The predicted molar refractivity (Wildman–Crippen MR) is 160 cm³/mol. The van der Waals surface area contributed by atoms with Crippen LogP contribution in [-0.2, 0) is 11.0 Å². The predicted octanol–water partition coefficient (Wildman–Crippen LogP) is 5.71. The van der Waals surface area contributed by atoms with Crippen LogP contribution in [0.15, 0.2) is 46.6 Å². The van der Waals surface area contributed by atoms with Gasteiger partial charge >= 0.3 is 11.9 Å². The summed E-state index contributed by atoms with van der Waals surface area (Å²) >= 11 is 1.15. The lowest BCUT2D eigenvalue weighted by molar-refractivity contribution is -0.137. The van der Waals surface area contributed by atoms with Crippen molar-refractivity contribution in [3.63, 3.8) is 0 Å². The zero-order valence-electron chi connectivity index (χ0n) is 24.3. The van der Waals surface area contributed by atoms with Crippen LogP contribution >= 0.6 is 11.8 Å². The zero-order valence-corrected chi connectivity index (χ0v) is 25.1. The molecule has 1 aromatic heterocycles. The van der Waals surface area contributed by atoms with Crippen molar-refractivity contribution >= 4 is 34.4 Å². The molecule has 0 aliphatic carbocycles. The zero-order chi connectivity index (χ0) is 31.5. The van der Waals surface area contributed by atoms with Gasteiger partial charge in [0.15, 0.2) is 0 Å². The number of anilines is 1. The van der Waals surface area contributed by atoms with E-state index in [9.17, 15) is 27.2 Å². The molecule has 1 unspecified atom stereocenters. The number of piperazine rings is 1. The number of carbonyl (C=O) groups excluding carboxylic acids is 1. The van der Waals surface area contributed by atoms with Crippen LogP contribution in [0.5, 0.6) is 0 Å². The smallest absolute Gasteiger partial charge is 0.352 e. The maximum atomic E-state index is 15.2. The molecule has 3 aliphatic heterocycles. The number of aromatic nitrogens is 2. The quantitative estimate of drug-likeness (QED) is 0.265. The molecule has 44 heavy (non-hydrogen) atoms. The molecule has 0 spiro atoms. The summed E-state index contributed by atoms with van der Waals surface area (Å²) in [6.07, 6.45) is -1.63. The fraction of sp³-hybridized carbons (Fsp3) is 0.452. The molecule has 2 aromatic carbocycles. The first-order chi connectivity index (χ1) is 20.9. The number of hydrogen-bond donors (Lipinski definition) is 0. The van der Waals surface area contributed by atoms with E-state index in [1.165, 1.54) is 10.6 Å². The van der Waals surface area contributed by atoms with Crippen molar-refractivity contribution in [1.82, 2.24) is 19.4 Å². The van der Waals surface area contributed by atoms with Crippen LogP contribution in [-0.4, -0.2) is 75.8 Å². The second-order valence-corrected chi connectivity index (χ2v) is 12.8. The van der Waals surface area contributed by atoms with Crippen LogP contribution < -0.4 is 10.6 Å². The van der Waals surface area contributed by atoms with E-state index >= 15 is 4.39 Å². The number of likely N-dealkylation sites (tertiary alicyclic amines) is 1. The highest BCUT2D eigenvalue weighted by Crippen LogP contribution is 2.50. The van der Waals surface area contributed by atoms with Crippen molar-refractivity contribution in [2.24, 2.45) is 0 Å². The molecule has 13 heteroatoms. The Kier molecular flexibility index (Phi) is 7.98. The van der Waals surface area contributed by atoms with Crippen LogP contribution in [0.25, 0.3) is 22.0 Å². The first-order valence-corrected chi connectivity index (χ1v) is 15.6. The molecular formula is C31H32F5N5O2S. The van der Waals surface area contributed by atoms with Crippen molar-refractivity contribution in [3.05, 3.63) is 64.6 Å². The summed E-state index contributed by atoms with van der Waals surface area (Å²) in [6.45, 7) is 9.91. The summed E-state index contributed by atoms with van der Waals surface area (Å²) in [5.41, 5.74) is -2.24. The van der Waals surface area contributed by atoms with Gasteiger partial charge in [-0.05, 0) is 64.1 Å². The molecule has 3 aromatic rings. The molecule has 7 nitrogen and oxygen atoms in total. The van der Waals surface area contributed by atoms with Gasteiger partial charge in [0.05, 0.1) is 17.1 Å². The Morgan fingerprint density at radius 1 is 1.11 bits per heavy atom. The van der Waals surface area contributed by atoms with Crippen LogP contribution in [0.1, 0.15) is 38.3 Å². The van der Waals surface area contributed by atoms with Crippen molar-refractivity contribution in [2.75, 3.05) is 43.4 Å². The van der Waals surface area contributed by atoms with Gasteiger partial charge in [0.1, 0.15) is 17.5 Å². The van der Waals surface area contributed by atoms with E-state index in [-0.39, 0.29) is 64.5 Å². The van der Waals surface area contributed by atoms with Crippen LogP contribution in [0.3, 0.4) is 0 Å². The van der Waals surface area contributed by atoms with Gasteiger partial charge in [-0.1, -0.05) is 6.58 Å². The Balaban J connectivity index is 1.62. The number of alkyl halides is 3. The third-order valence-corrected chi connectivity index (χ3v) is 9.99. The normalized spacial score (nSPS) is 22.6. The summed E-state index contributed by atoms with van der Waals surface area (Å²) in [4.78, 5) is 36.6. The highest BCUT2D eigenvalue weighted by Gasteiger charge is 2.41. The Morgan fingerprint density at radius 3 is 2.41 bits per heavy atom. The van der Waals surface area contributed by atoms with E-state index < -0.39 is 40.2 Å².